The Bertz CT molecular complexity index is 1240. The first-order valence-electron chi connectivity index (χ1n) is 14.5. The first kappa shape index (κ1) is 28.1. The lowest BCUT2D eigenvalue weighted by atomic mass is 9.73. The highest BCUT2D eigenvalue weighted by atomic mass is 35.5. The zero-order valence-corrected chi connectivity index (χ0v) is 24.1. The Kier molecular flexibility index (Phi) is 7.84. The second-order valence-corrected chi connectivity index (χ2v) is 12.9. The van der Waals surface area contributed by atoms with Crippen LogP contribution in [0.4, 0.5) is 0 Å². The zero-order chi connectivity index (χ0) is 26.5. The van der Waals surface area contributed by atoms with Gasteiger partial charge in [0, 0.05) is 55.3 Å². The van der Waals surface area contributed by atoms with Crippen LogP contribution in [0.5, 0.6) is 0 Å². The largest absolute Gasteiger partial charge is 0.390 e. The third-order valence-corrected chi connectivity index (χ3v) is 9.72. The Balaban J connectivity index is 0.00000308. The van der Waals surface area contributed by atoms with Crippen molar-refractivity contribution in [2.24, 2.45) is 5.41 Å². The van der Waals surface area contributed by atoms with Crippen molar-refractivity contribution in [2.75, 3.05) is 26.2 Å². The summed E-state index contributed by atoms with van der Waals surface area (Å²) in [6.07, 6.45) is 7.59. The molecule has 1 saturated carbocycles. The van der Waals surface area contributed by atoms with Crippen LogP contribution in [-0.2, 0) is 18.4 Å². The van der Waals surface area contributed by atoms with Gasteiger partial charge in [0.05, 0.1) is 6.10 Å². The Morgan fingerprint density at radius 2 is 1.79 bits per heavy atom. The third-order valence-electron chi connectivity index (χ3n) is 9.72. The summed E-state index contributed by atoms with van der Waals surface area (Å²) < 4.78 is 0. The van der Waals surface area contributed by atoms with Gasteiger partial charge in [-0.2, -0.15) is 0 Å². The van der Waals surface area contributed by atoms with Gasteiger partial charge in [-0.1, -0.05) is 57.4 Å². The maximum Gasteiger partial charge on any atom is 0.254 e. The van der Waals surface area contributed by atoms with E-state index in [0.717, 1.165) is 38.0 Å². The molecule has 0 unspecified atom stereocenters. The average molecular weight is 552 g/mol. The lowest BCUT2D eigenvalue weighted by Crippen LogP contribution is -2.54. The van der Waals surface area contributed by atoms with E-state index < -0.39 is 6.10 Å². The van der Waals surface area contributed by atoms with Crippen molar-refractivity contribution < 1.29 is 14.7 Å². The molecular formula is C32H42ClN3O3. The smallest absolute Gasteiger partial charge is 0.254 e. The molecule has 3 heterocycles. The molecule has 1 aliphatic carbocycles. The summed E-state index contributed by atoms with van der Waals surface area (Å²) in [5.74, 6) is 0.0379. The zero-order valence-electron chi connectivity index (χ0n) is 23.2. The van der Waals surface area contributed by atoms with E-state index in [2.05, 4.69) is 31.3 Å². The number of amides is 2. The van der Waals surface area contributed by atoms with Crippen LogP contribution in [0.3, 0.4) is 0 Å². The first-order chi connectivity index (χ1) is 18.2. The molecule has 39 heavy (non-hydrogen) atoms. The summed E-state index contributed by atoms with van der Waals surface area (Å²) in [7, 11) is 0. The summed E-state index contributed by atoms with van der Waals surface area (Å²) in [6, 6.07) is 13.9. The van der Waals surface area contributed by atoms with Crippen LogP contribution in [0.2, 0.25) is 0 Å². The number of hydrogen-bond acceptors (Lipinski definition) is 4. The molecule has 2 N–H and O–H groups in total. The summed E-state index contributed by atoms with van der Waals surface area (Å²) >= 11 is 0. The van der Waals surface area contributed by atoms with Gasteiger partial charge in [-0.25, -0.2) is 0 Å². The van der Waals surface area contributed by atoms with Crippen molar-refractivity contribution in [2.45, 2.75) is 82.9 Å². The van der Waals surface area contributed by atoms with Crippen LogP contribution in [0, 0.1) is 5.41 Å². The minimum atomic E-state index is -0.659. The number of hydrogen-bond donors (Lipinski definition) is 2. The minimum absolute atomic E-state index is 0. The number of carbonyl (C=O) groups is 2. The first-order valence-corrected chi connectivity index (χ1v) is 14.5. The number of benzene rings is 2. The van der Waals surface area contributed by atoms with Crippen molar-refractivity contribution in [1.29, 1.82) is 0 Å². The highest BCUT2D eigenvalue weighted by Gasteiger charge is 2.42. The quantitative estimate of drug-likeness (QED) is 0.577. The standard InChI is InChI=1S/C32H41N3O3.ClH/c1-31(2)20-35(19-28(36)27-17-22-8-4-5-9-24(22)18-33-27)30(38)25-11-10-23(16-26(25)31)29(37)34-15-14-32(21-34)12-6-3-7-13-32;/h4-5,8-11,16,27-28,33,36H,3,6-7,12-15,17-21H2,1-2H3;1H/t27-,28+;/m0./s1. The lowest BCUT2D eigenvalue weighted by molar-refractivity contribution is 0.0444. The van der Waals surface area contributed by atoms with Crippen LogP contribution < -0.4 is 5.32 Å². The monoisotopic (exact) mass is 551 g/mol. The summed E-state index contributed by atoms with van der Waals surface area (Å²) in [6.45, 7) is 7.51. The molecule has 2 aromatic carbocycles. The molecule has 6 rings (SSSR count). The molecule has 0 bridgehead atoms. The SMILES string of the molecule is CC1(C)CN(C[C@@H](O)[C@@H]2Cc3ccccc3CN2)C(=O)c2ccc(C(=O)N3CCC4(CCCCC4)C3)cc21.Cl. The fraction of sp³-hybridized carbons (Fsp3) is 0.562. The molecule has 6 nitrogen and oxygen atoms in total. The average Bonchev–Trinajstić information content (AvgIpc) is 3.33. The van der Waals surface area contributed by atoms with Crippen LogP contribution in [0.25, 0.3) is 0 Å². The number of likely N-dealkylation sites (tertiary alicyclic amines) is 1. The number of aliphatic hydroxyl groups is 1. The van der Waals surface area contributed by atoms with Crippen molar-refractivity contribution in [3.05, 3.63) is 70.3 Å². The van der Waals surface area contributed by atoms with Crippen molar-refractivity contribution in [1.82, 2.24) is 15.1 Å². The van der Waals surface area contributed by atoms with Gasteiger partial charge in [-0.3, -0.25) is 9.59 Å². The van der Waals surface area contributed by atoms with E-state index in [4.69, 9.17) is 0 Å². The molecular weight excluding hydrogens is 510 g/mol. The third kappa shape index (κ3) is 5.36. The summed E-state index contributed by atoms with van der Waals surface area (Å²) in [5.41, 5.74) is 4.82. The Morgan fingerprint density at radius 3 is 2.56 bits per heavy atom. The number of nitrogens with one attached hydrogen (secondary N) is 1. The van der Waals surface area contributed by atoms with E-state index in [9.17, 15) is 14.7 Å². The maximum atomic E-state index is 13.6. The van der Waals surface area contributed by atoms with Gasteiger partial charge >= 0.3 is 0 Å². The van der Waals surface area contributed by atoms with Gasteiger partial charge in [0.15, 0.2) is 0 Å². The van der Waals surface area contributed by atoms with Gasteiger partial charge in [0.25, 0.3) is 11.8 Å². The van der Waals surface area contributed by atoms with E-state index in [1.54, 1.807) is 4.90 Å². The van der Waals surface area contributed by atoms with Crippen molar-refractivity contribution in [3.8, 4) is 0 Å². The summed E-state index contributed by atoms with van der Waals surface area (Å²) in [4.78, 5) is 30.9. The topological polar surface area (TPSA) is 72.9 Å². The Hall–Kier alpha value is -2.41. The minimum Gasteiger partial charge on any atom is -0.390 e. The molecule has 2 aromatic rings. The molecule has 4 aliphatic rings. The highest BCUT2D eigenvalue weighted by molar-refractivity contribution is 6.00. The highest BCUT2D eigenvalue weighted by Crippen LogP contribution is 2.44. The number of aliphatic hydroxyl groups excluding tert-OH is 1. The van der Waals surface area contributed by atoms with Crippen LogP contribution in [-0.4, -0.2) is 65.0 Å². The van der Waals surface area contributed by atoms with Gasteiger partial charge in [0.2, 0.25) is 0 Å². The van der Waals surface area contributed by atoms with Crippen LogP contribution >= 0.6 is 12.4 Å². The number of nitrogens with zero attached hydrogens (tertiary/aromatic N) is 2. The lowest BCUT2D eigenvalue weighted by Gasteiger charge is -2.41. The van der Waals surface area contributed by atoms with Gasteiger partial charge in [0.1, 0.15) is 0 Å². The Labute approximate surface area is 238 Å². The molecule has 2 fully saturated rings. The van der Waals surface area contributed by atoms with Crippen LogP contribution in [0.1, 0.15) is 89.8 Å². The summed E-state index contributed by atoms with van der Waals surface area (Å²) in [5, 5.41) is 14.6. The molecule has 1 saturated heterocycles. The molecule has 210 valence electrons. The number of fused-ring (bicyclic) bond motifs is 2. The van der Waals surface area contributed by atoms with Gasteiger partial charge in [-0.15, -0.1) is 12.4 Å². The van der Waals surface area contributed by atoms with E-state index in [0.29, 0.717) is 23.1 Å². The second-order valence-electron chi connectivity index (χ2n) is 12.9. The number of carbonyl (C=O) groups excluding carboxylic acids is 2. The normalized spacial score (nSPS) is 24.1. The molecule has 7 heteroatoms. The van der Waals surface area contributed by atoms with Gasteiger partial charge in [-0.05, 0) is 66.0 Å². The molecule has 2 amide bonds. The fourth-order valence-electron chi connectivity index (χ4n) is 7.48. The molecule has 1 spiro atoms. The molecule has 0 radical (unpaired) electrons. The van der Waals surface area contributed by atoms with E-state index in [1.165, 1.54) is 43.2 Å². The number of halogens is 1. The molecule has 0 aromatic heterocycles. The van der Waals surface area contributed by atoms with Gasteiger partial charge < -0.3 is 20.2 Å². The van der Waals surface area contributed by atoms with Crippen molar-refractivity contribution >= 4 is 24.2 Å². The van der Waals surface area contributed by atoms with Crippen molar-refractivity contribution in [3.63, 3.8) is 0 Å². The number of β-amino-alcohol motifs (C(OH)–C–C–N with tert-alkyl or cyclic N) is 1. The van der Waals surface area contributed by atoms with E-state index in [1.807, 2.05) is 35.2 Å². The number of rotatable bonds is 4. The molecule has 2 atom stereocenters. The van der Waals surface area contributed by atoms with E-state index in [-0.39, 0.29) is 42.2 Å². The maximum absolute atomic E-state index is 13.6. The van der Waals surface area contributed by atoms with Crippen LogP contribution in [0.15, 0.2) is 42.5 Å². The predicted octanol–water partition coefficient (Wildman–Crippen LogP) is 4.71. The van der Waals surface area contributed by atoms with E-state index >= 15 is 0 Å². The predicted molar refractivity (Wildman–Crippen MR) is 155 cm³/mol. The second kappa shape index (κ2) is 10.9. The molecule has 3 aliphatic heterocycles. The fourth-order valence-corrected chi connectivity index (χ4v) is 7.48. The Morgan fingerprint density at radius 1 is 1.05 bits per heavy atom.